The van der Waals surface area contributed by atoms with E-state index in [2.05, 4.69) is 4.99 Å². The number of rotatable bonds is 7. The van der Waals surface area contributed by atoms with Crippen molar-refractivity contribution >= 4 is 41.0 Å². The number of carbonyl (C=O) groups excluding carboxylic acids is 2. The molecule has 2 aromatic heterocycles. The number of halogens is 1. The second-order valence-electron chi connectivity index (χ2n) is 9.02. The summed E-state index contributed by atoms with van der Waals surface area (Å²) in [4.78, 5) is 43.6. The minimum absolute atomic E-state index is 0.148. The Morgan fingerprint density at radius 1 is 1.15 bits per heavy atom. The van der Waals surface area contributed by atoms with Crippen LogP contribution in [0.1, 0.15) is 38.1 Å². The highest BCUT2D eigenvalue weighted by atomic mass is 35.5. The van der Waals surface area contributed by atoms with Crippen LogP contribution < -0.4 is 24.4 Å². The Bertz CT molecular complexity index is 1880. The summed E-state index contributed by atoms with van der Waals surface area (Å²) in [7, 11) is 1.44. The average molecular weight is 593 g/mol. The summed E-state index contributed by atoms with van der Waals surface area (Å²) in [5.74, 6) is 0.446. The summed E-state index contributed by atoms with van der Waals surface area (Å²) in [6.07, 6.45) is 1.64. The molecule has 0 spiro atoms. The Balaban J connectivity index is 1.65. The number of esters is 2. The van der Waals surface area contributed by atoms with E-state index < -0.39 is 18.0 Å². The molecular weight excluding hydrogens is 568 g/mol. The van der Waals surface area contributed by atoms with Gasteiger partial charge in [-0.25, -0.2) is 9.79 Å². The normalized spacial score (nSPS) is 14.9. The topological polar surface area (TPSA) is 109 Å². The number of carbonyl (C=O) groups is 2. The highest BCUT2D eigenvalue weighted by Gasteiger charge is 2.34. The first-order valence-corrected chi connectivity index (χ1v) is 13.8. The lowest BCUT2D eigenvalue weighted by Gasteiger charge is -2.25. The van der Waals surface area contributed by atoms with Crippen LogP contribution in [-0.4, -0.2) is 30.2 Å². The summed E-state index contributed by atoms with van der Waals surface area (Å²) < 4.78 is 23.8. The van der Waals surface area contributed by atoms with Crippen molar-refractivity contribution in [2.45, 2.75) is 26.8 Å². The van der Waals surface area contributed by atoms with Crippen LogP contribution in [0.3, 0.4) is 0 Å². The lowest BCUT2D eigenvalue weighted by Crippen LogP contribution is -2.39. The van der Waals surface area contributed by atoms with Gasteiger partial charge in [0.05, 0.1) is 35.6 Å². The summed E-state index contributed by atoms with van der Waals surface area (Å²) in [5, 5.41) is 0.582. The number of hydrogen-bond acceptors (Lipinski definition) is 9. The predicted octanol–water partition coefficient (Wildman–Crippen LogP) is 4.65. The van der Waals surface area contributed by atoms with Gasteiger partial charge in [0.15, 0.2) is 16.3 Å². The number of benzene rings is 2. The molecule has 5 rings (SSSR count). The van der Waals surface area contributed by atoms with Gasteiger partial charge in [-0.3, -0.25) is 14.2 Å². The molecule has 3 heterocycles. The van der Waals surface area contributed by atoms with Gasteiger partial charge < -0.3 is 18.6 Å². The van der Waals surface area contributed by atoms with E-state index in [4.69, 9.17) is 30.2 Å². The first-order chi connectivity index (χ1) is 19.7. The number of methoxy groups -OCH3 is 1. The van der Waals surface area contributed by atoms with Crippen molar-refractivity contribution in [3.8, 4) is 22.8 Å². The molecule has 11 heteroatoms. The first kappa shape index (κ1) is 28.1. The molecule has 9 nitrogen and oxygen atoms in total. The van der Waals surface area contributed by atoms with Gasteiger partial charge in [-0.2, -0.15) is 0 Å². The van der Waals surface area contributed by atoms with E-state index in [1.54, 1.807) is 62.4 Å². The van der Waals surface area contributed by atoms with Crippen LogP contribution in [0.25, 0.3) is 17.4 Å². The monoisotopic (exact) mass is 592 g/mol. The van der Waals surface area contributed by atoms with Crippen molar-refractivity contribution in [2.24, 2.45) is 4.99 Å². The Kier molecular flexibility index (Phi) is 7.96. The number of fused-ring (bicyclic) bond motifs is 1. The zero-order valence-electron chi connectivity index (χ0n) is 22.6. The quantitative estimate of drug-likeness (QED) is 0.227. The van der Waals surface area contributed by atoms with Crippen molar-refractivity contribution in [3.05, 3.63) is 102 Å². The maximum atomic E-state index is 13.9. The van der Waals surface area contributed by atoms with Gasteiger partial charge in [0.1, 0.15) is 11.5 Å². The van der Waals surface area contributed by atoms with E-state index in [0.29, 0.717) is 37.1 Å². The lowest BCUT2D eigenvalue weighted by atomic mass is 9.95. The average Bonchev–Trinajstić information content (AvgIpc) is 3.52. The smallest absolute Gasteiger partial charge is 0.338 e. The lowest BCUT2D eigenvalue weighted by molar-refractivity contribution is -0.139. The molecule has 1 atom stereocenters. The molecule has 0 amide bonds. The third-order valence-electron chi connectivity index (χ3n) is 6.28. The molecule has 41 heavy (non-hydrogen) atoms. The Labute approximate surface area is 243 Å². The van der Waals surface area contributed by atoms with E-state index in [0.717, 1.165) is 5.56 Å². The Hall–Kier alpha value is -4.41. The van der Waals surface area contributed by atoms with Gasteiger partial charge >= 0.3 is 11.9 Å². The number of ether oxygens (including phenoxy) is 3. The highest BCUT2D eigenvalue weighted by molar-refractivity contribution is 7.07. The van der Waals surface area contributed by atoms with Crippen molar-refractivity contribution in [2.75, 3.05) is 13.7 Å². The van der Waals surface area contributed by atoms with E-state index in [1.807, 2.05) is 12.1 Å². The van der Waals surface area contributed by atoms with E-state index in [9.17, 15) is 14.4 Å². The van der Waals surface area contributed by atoms with Crippen LogP contribution in [0.4, 0.5) is 0 Å². The van der Waals surface area contributed by atoms with Gasteiger partial charge in [-0.05, 0) is 55.8 Å². The second-order valence-corrected chi connectivity index (χ2v) is 10.5. The molecule has 1 aliphatic rings. The minimum atomic E-state index is -0.869. The summed E-state index contributed by atoms with van der Waals surface area (Å²) in [5.41, 5.74) is 1.63. The van der Waals surface area contributed by atoms with E-state index >= 15 is 0 Å². The molecule has 0 radical (unpaired) electrons. The molecule has 1 unspecified atom stereocenters. The van der Waals surface area contributed by atoms with Crippen LogP contribution in [-0.2, 0) is 14.3 Å². The maximum Gasteiger partial charge on any atom is 0.338 e. The molecule has 0 saturated carbocycles. The summed E-state index contributed by atoms with van der Waals surface area (Å²) in [6.45, 7) is 4.84. The van der Waals surface area contributed by atoms with Crippen LogP contribution >= 0.6 is 22.9 Å². The molecular formula is C30H25ClN2O7S. The van der Waals surface area contributed by atoms with Crippen LogP contribution in [0.5, 0.6) is 11.5 Å². The number of aromatic nitrogens is 1. The number of furan rings is 1. The number of allylic oxidation sites excluding steroid dienone is 1. The SMILES string of the molecule is CCOC(=O)C1=C(C)N=c2s/c(=C\c3ccc(-c4cccc(Cl)c4)o3)c(=O)n2C1c1ccc(OC(C)=O)c(OC)c1. The Morgan fingerprint density at radius 3 is 2.66 bits per heavy atom. The van der Waals surface area contributed by atoms with Crippen molar-refractivity contribution in [3.63, 3.8) is 0 Å². The van der Waals surface area contributed by atoms with Gasteiger partial charge in [0, 0.05) is 23.6 Å². The number of hydrogen-bond donors (Lipinski definition) is 0. The fourth-order valence-corrected chi connectivity index (χ4v) is 5.77. The van der Waals surface area contributed by atoms with E-state index in [-0.39, 0.29) is 29.2 Å². The number of thiazole rings is 1. The molecule has 0 N–H and O–H groups in total. The zero-order valence-corrected chi connectivity index (χ0v) is 24.2. The molecule has 1 aliphatic heterocycles. The summed E-state index contributed by atoms with van der Waals surface area (Å²) in [6, 6.07) is 14.8. The van der Waals surface area contributed by atoms with Crippen LogP contribution in [0, 0.1) is 0 Å². The molecule has 0 saturated heterocycles. The fraction of sp³-hybridized carbons (Fsp3) is 0.200. The molecule has 2 aromatic carbocycles. The standard InChI is InChI=1S/C30H25ClN2O7S/c1-5-38-29(36)26-16(2)32-30-33(27(26)19-9-11-23(39-17(3)34)24(14-19)37-4)28(35)25(41-30)15-21-10-12-22(40-21)18-7-6-8-20(31)13-18/h6-15,27H,5H2,1-4H3/b25-15-. The van der Waals surface area contributed by atoms with Crippen molar-refractivity contribution in [1.29, 1.82) is 0 Å². The van der Waals surface area contributed by atoms with Crippen molar-refractivity contribution < 1.29 is 28.2 Å². The fourth-order valence-electron chi connectivity index (χ4n) is 4.56. The highest BCUT2D eigenvalue weighted by Crippen LogP contribution is 2.36. The number of nitrogens with zero attached hydrogens (tertiary/aromatic N) is 2. The third kappa shape index (κ3) is 5.61. The van der Waals surface area contributed by atoms with Crippen LogP contribution in [0.2, 0.25) is 5.02 Å². The molecule has 210 valence electrons. The summed E-state index contributed by atoms with van der Waals surface area (Å²) >= 11 is 7.30. The largest absolute Gasteiger partial charge is 0.493 e. The zero-order chi connectivity index (χ0) is 29.3. The first-order valence-electron chi connectivity index (χ1n) is 12.6. The predicted molar refractivity (Wildman–Crippen MR) is 154 cm³/mol. The molecule has 4 aromatic rings. The molecule has 0 fully saturated rings. The molecule has 0 aliphatic carbocycles. The van der Waals surface area contributed by atoms with Crippen LogP contribution in [0.15, 0.2) is 80.1 Å². The third-order valence-corrected chi connectivity index (χ3v) is 7.50. The van der Waals surface area contributed by atoms with Gasteiger partial charge in [-0.15, -0.1) is 0 Å². The van der Waals surface area contributed by atoms with Gasteiger partial charge in [-0.1, -0.05) is 41.1 Å². The van der Waals surface area contributed by atoms with E-state index in [1.165, 1.54) is 29.9 Å². The minimum Gasteiger partial charge on any atom is -0.493 e. The Morgan fingerprint density at radius 2 is 1.95 bits per heavy atom. The van der Waals surface area contributed by atoms with Gasteiger partial charge in [0.25, 0.3) is 5.56 Å². The van der Waals surface area contributed by atoms with Crippen molar-refractivity contribution in [1.82, 2.24) is 4.57 Å². The molecule has 0 bridgehead atoms. The second kappa shape index (κ2) is 11.6. The maximum absolute atomic E-state index is 13.9. The van der Waals surface area contributed by atoms with Gasteiger partial charge in [0.2, 0.25) is 0 Å².